The van der Waals surface area contributed by atoms with E-state index in [2.05, 4.69) is 146 Å². The topological polar surface area (TPSA) is 0 Å². The largest absolute Gasteiger partial charge is 0.0882 e. The lowest BCUT2D eigenvalue weighted by Crippen LogP contribution is -1.91. The second-order valence-electron chi connectivity index (χ2n) is 11.2. The van der Waals surface area contributed by atoms with Crippen LogP contribution in [0.3, 0.4) is 0 Å². The molecule has 0 radical (unpaired) electrons. The van der Waals surface area contributed by atoms with Crippen molar-refractivity contribution in [1.29, 1.82) is 0 Å². The Kier molecular flexibility index (Phi) is 5.85. The first kappa shape index (κ1) is 25.0. The van der Waals surface area contributed by atoms with E-state index in [4.69, 9.17) is 0 Å². The van der Waals surface area contributed by atoms with Crippen LogP contribution in [0.15, 0.2) is 165 Å². The Morgan fingerprint density at radius 3 is 1.63 bits per heavy atom. The SMILES string of the molecule is c1ccc2c(c1)Cc1c-2ccc(Sc2cccc3c2ccc2ccccc23)c1Sc1cccc2c1ccc1ccccc12. The van der Waals surface area contributed by atoms with Crippen LogP contribution in [-0.4, -0.2) is 0 Å². The van der Waals surface area contributed by atoms with Gasteiger partial charge in [0.25, 0.3) is 0 Å². The summed E-state index contributed by atoms with van der Waals surface area (Å²) in [5, 5.41) is 10.4. The van der Waals surface area contributed by atoms with Crippen molar-refractivity contribution in [2.45, 2.75) is 26.0 Å². The molecule has 1 aliphatic rings. The molecular weight excluding hydrogens is 557 g/mol. The molecular formula is C41H26S2. The van der Waals surface area contributed by atoms with Crippen molar-refractivity contribution in [3.63, 3.8) is 0 Å². The lowest BCUT2D eigenvalue weighted by atomic mass is 10.0. The highest BCUT2D eigenvalue weighted by molar-refractivity contribution is 8.02. The molecule has 0 heterocycles. The first-order chi connectivity index (χ1) is 21.3. The summed E-state index contributed by atoms with van der Waals surface area (Å²) in [6, 6.07) is 53.7. The maximum Gasteiger partial charge on any atom is 0.0303 e. The fourth-order valence-electron chi connectivity index (χ4n) is 6.78. The van der Waals surface area contributed by atoms with Gasteiger partial charge in [-0.15, -0.1) is 0 Å². The highest BCUT2D eigenvalue weighted by Crippen LogP contribution is 2.50. The van der Waals surface area contributed by atoms with Crippen LogP contribution >= 0.6 is 23.5 Å². The van der Waals surface area contributed by atoms with Gasteiger partial charge in [-0.1, -0.05) is 151 Å². The minimum Gasteiger partial charge on any atom is -0.0882 e. The van der Waals surface area contributed by atoms with Gasteiger partial charge < -0.3 is 0 Å². The average Bonchev–Trinajstić information content (AvgIpc) is 3.45. The van der Waals surface area contributed by atoms with Crippen molar-refractivity contribution in [3.8, 4) is 11.1 Å². The van der Waals surface area contributed by atoms with E-state index in [0.717, 1.165) is 6.42 Å². The molecule has 0 aromatic heterocycles. The van der Waals surface area contributed by atoms with Crippen molar-refractivity contribution >= 4 is 66.6 Å². The van der Waals surface area contributed by atoms with Crippen LogP contribution in [0.1, 0.15) is 11.1 Å². The predicted octanol–water partition coefficient (Wildman–Crippen LogP) is 12.2. The van der Waals surface area contributed by atoms with E-state index in [0.29, 0.717) is 0 Å². The Hall–Kier alpha value is -4.50. The van der Waals surface area contributed by atoms with Crippen LogP contribution in [0, 0.1) is 0 Å². The van der Waals surface area contributed by atoms with E-state index in [-0.39, 0.29) is 0 Å². The molecule has 0 fully saturated rings. The van der Waals surface area contributed by atoms with E-state index in [1.54, 1.807) is 0 Å². The smallest absolute Gasteiger partial charge is 0.0303 e. The Morgan fingerprint density at radius 1 is 0.349 bits per heavy atom. The summed E-state index contributed by atoms with van der Waals surface area (Å²) in [4.78, 5) is 5.29. The Labute approximate surface area is 259 Å². The third-order valence-corrected chi connectivity index (χ3v) is 11.3. The number of fused-ring (bicyclic) bond motifs is 9. The van der Waals surface area contributed by atoms with E-state index >= 15 is 0 Å². The molecule has 43 heavy (non-hydrogen) atoms. The van der Waals surface area contributed by atoms with Crippen LogP contribution in [0.4, 0.5) is 0 Å². The van der Waals surface area contributed by atoms with E-state index in [1.165, 1.54) is 84.9 Å². The quantitative estimate of drug-likeness (QED) is 0.189. The molecule has 0 nitrogen and oxygen atoms in total. The number of rotatable bonds is 4. The zero-order chi connectivity index (χ0) is 28.3. The van der Waals surface area contributed by atoms with Crippen LogP contribution in [0.2, 0.25) is 0 Å². The molecule has 0 spiro atoms. The fraction of sp³-hybridized carbons (Fsp3) is 0.0244. The molecule has 0 amide bonds. The standard InChI is InChI=1S/C41H26S2/c1-4-12-29-26(9-1)19-21-35-32(29)15-7-17-38(35)42-40-24-23-34-31-14-6-3-11-28(31)25-37(34)41(40)43-39-18-8-16-33-30-13-5-2-10-27(30)20-22-36(33)39/h1-24H,25H2. The van der Waals surface area contributed by atoms with Crippen LogP contribution in [-0.2, 0) is 6.42 Å². The zero-order valence-electron chi connectivity index (χ0n) is 23.4. The second-order valence-corrected chi connectivity index (χ2v) is 13.4. The summed E-state index contributed by atoms with van der Waals surface area (Å²) >= 11 is 3.84. The minimum atomic E-state index is 0.968. The molecule has 9 rings (SSSR count). The summed E-state index contributed by atoms with van der Waals surface area (Å²) in [5.41, 5.74) is 5.61. The fourth-order valence-corrected chi connectivity index (χ4v) is 9.19. The number of hydrogen-bond acceptors (Lipinski definition) is 2. The van der Waals surface area contributed by atoms with Gasteiger partial charge >= 0.3 is 0 Å². The molecule has 8 aromatic carbocycles. The molecule has 0 aliphatic heterocycles. The van der Waals surface area contributed by atoms with Gasteiger partial charge in [-0.3, -0.25) is 0 Å². The Bertz CT molecular complexity index is 2380. The molecule has 0 saturated heterocycles. The van der Waals surface area contributed by atoms with E-state index < -0.39 is 0 Å². The normalized spacial score (nSPS) is 12.3. The lowest BCUT2D eigenvalue weighted by Gasteiger charge is -2.17. The third kappa shape index (κ3) is 4.09. The highest BCUT2D eigenvalue weighted by atomic mass is 32.2. The summed E-state index contributed by atoms with van der Waals surface area (Å²) in [6.45, 7) is 0. The predicted molar refractivity (Wildman–Crippen MR) is 186 cm³/mol. The molecule has 1 aliphatic carbocycles. The second kappa shape index (κ2) is 10.1. The Morgan fingerprint density at radius 2 is 0.930 bits per heavy atom. The molecule has 8 aromatic rings. The van der Waals surface area contributed by atoms with E-state index in [9.17, 15) is 0 Å². The van der Waals surface area contributed by atoms with Crippen molar-refractivity contribution < 1.29 is 0 Å². The van der Waals surface area contributed by atoms with Crippen LogP contribution < -0.4 is 0 Å². The molecule has 0 saturated carbocycles. The van der Waals surface area contributed by atoms with Gasteiger partial charge in [-0.05, 0) is 90.0 Å². The number of hydrogen-bond donors (Lipinski definition) is 0. The monoisotopic (exact) mass is 582 g/mol. The highest BCUT2D eigenvalue weighted by Gasteiger charge is 2.24. The summed E-state index contributed by atoms with van der Waals surface area (Å²) in [6.07, 6.45) is 0.968. The van der Waals surface area contributed by atoms with Gasteiger partial charge in [0.15, 0.2) is 0 Å². The minimum absolute atomic E-state index is 0.968. The molecule has 0 atom stereocenters. The summed E-state index contributed by atoms with van der Waals surface area (Å²) in [7, 11) is 0. The molecule has 0 bridgehead atoms. The maximum atomic E-state index is 2.36. The zero-order valence-corrected chi connectivity index (χ0v) is 25.0. The molecule has 2 heteroatoms. The average molecular weight is 583 g/mol. The molecule has 0 unspecified atom stereocenters. The number of benzene rings is 8. The third-order valence-electron chi connectivity index (χ3n) is 8.82. The van der Waals surface area contributed by atoms with Gasteiger partial charge in [0.05, 0.1) is 0 Å². The summed E-state index contributed by atoms with van der Waals surface area (Å²) < 4.78 is 0. The molecule has 0 N–H and O–H groups in total. The van der Waals surface area contributed by atoms with Crippen LogP contribution in [0.25, 0.3) is 54.2 Å². The Balaban J connectivity index is 1.23. The van der Waals surface area contributed by atoms with Crippen molar-refractivity contribution in [2.24, 2.45) is 0 Å². The van der Waals surface area contributed by atoms with Crippen molar-refractivity contribution in [1.82, 2.24) is 0 Å². The first-order valence-corrected chi connectivity index (χ1v) is 16.4. The van der Waals surface area contributed by atoms with Gasteiger partial charge in [-0.2, -0.15) is 0 Å². The van der Waals surface area contributed by atoms with Crippen molar-refractivity contribution in [3.05, 3.63) is 157 Å². The maximum absolute atomic E-state index is 2.36. The van der Waals surface area contributed by atoms with E-state index in [1.807, 2.05) is 23.5 Å². The van der Waals surface area contributed by atoms with Crippen LogP contribution in [0.5, 0.6) is 0 Å². The van der Waals surface area contributed by atoms with Gasteiger partial charge in [0, 0.05) is 19.6 Å². The van der Waals surface area contributed by atoms with Gasteiger partial charge in [0.1, 0.15) is 0 Å². The van der Waals surface area contributed by atoms with Crippen molar-refractivity contribution in [2.75, 3.05) is 0 Å². The lowest BCUT2D eigenvalue weighted by molar-refractivity contribution is 1.11. The van der Waals surface area contributed by atoms with Gasteiger partial charge in [-0.25, -0.2) is 0 Å². The van der Waals surface area contributed by atoms with Gasteiger partial charge in [0.2, 0.25) is 0 Å². The molecule has 202 valence electrons. The first-order valence-electron chi connectivity index (χ1n) is 14.7. The summed E-state index contributed by atoms with van der Waals surface area (Å²) in [5.74, 6) is 0.